The van der Waals surface area contributed by atoms with Gasteiger partial charge < -0.3 is 104 Å². The molecule has 3 aromatic rings. The van der Waals surface area contributed by atoms with Crippen molar-refractivity contribution >= 4 is 0 Å². The first-order valence-corrected chi connectivity index (χ1v) is 20.5. The first kappa shape index (κ1) is 47.7. The highest BCUT2D eigenvalue weighted by Gasteiger charge is 2.50. The topological polar surface area (TPSA) is 315 Å². The average molecular weight is 909 g/mol. The smallest absolute Gasteiger partial charge is 0.229 e. The van der Waals surface area contributed by atoms with Crippen molar-refractivity contribution < 1.29 is 104 Å². The normalized spacial score (nSPS) is 33.5. The van der Waals surface area contributed by atoms with Gasteiger partial charge in [-0.3, -0.25) is 0 Å². The number of methoxy groups -OCH3 is 4. The Bertz CT molecular complexity index is 2020. The fourth-order valence-corrected chi connectivity index (χ4v) is 8.81. The molecule has 16 atom stereocenters. The molecule has 4 aliphatic heterocycles. The quantitative estimate of drug-likeness (QED) is 0.0793. The molecule has 64 heavy (non-hydrogen) atoms. The van der Waals surface area contributed by atoms with Crippen LogP contribution in [0.25, 0.3) is 0 Å². The molecule has 4 fully saturated rings. The average Bonchev–Trinajstić information content (AvgIpc) is 3.93. The van der Waals surface area contributed by atoms with E-state index in [9.17, 15) is 56.2 Å². The van der Waals surface area contributed by atoms with Crippen LogP contribution in [-0.4, -0.2) is 179 Å². The fourth-order valence-electron chi connectivity index (χ4n) is 8.81. The zero-order valence-corrected chi connectivity index (χ0v) is 35.3. The molecule has 0 aliphatic carbocycles. The van der Waals surface area contributed by atoms with Gasteiger partial charge in [0.2, 0.25) is 18.3 Å². The summed E-state index contributed by atoms with van der Waals surface area (Å²) in [6.45, 7) is -1.42. The van der Waals surface area contributed by atoms with E-state index >= 15 is 0 Å². The molecule has 0 amide bonds. The highest BCUT2D eigenvalue weighted by atomic mass is 16.7. The van der Waals surface area contributed by atoms with Crippen molar-refractivity contribution in [2.24, 2.45) is 11.8 Å². The van der Waals surface area contributed by atoms with Gasteiger partial charge in [-0.25, -0.2) is 0 Å². The van der Waals surface area contributed by atoms with Crippen LogP contribution in [0, 0.1) is 11.8 Å². The van der Waals surface area contributed by atoms with Gasteiger partial charge in [0, 0.05) is 23.3 Å². The second kappa shape index (κ2) is 20.1. The number of fused-ring (bicyclic) bond motifs is 1. The molecule has 0 aromatic heterocycles. The molecule has 0 spiro atoms. The number of rotatable bonds is 16. The zero-order chi connectivity index (χ0) is 46.1. The number of benzene rings is 3. The van der Waals surface area contributed by atoms with E-state index in [1.54, 1.807) is 30.3 Å². The first-order valence-electron chi connectivity index (χ1n) is 20.5. The summed E-state index contributed by atoms with van der Waals surface area (Å²) >= 11 is 0. The lowest BCUT2D eigenvalue weighted by Gasteiger charge is -2.39. The number of phenols is 1. The largest absolute Gasteiger partial charge is 0.504 e. The highest BCUT2D eigenvalue weighted by molar-refractivity contribution is 5.56. The molecule has 3 aromatic carbocycles. The molecular weight excluding hydrogens is 852 g/mol. The minimum atomic E-state index is -1.74. The molecule has 7 rings (SSSR count). The number of ether oxygens (including phenoxy) is 10. The molecule has 21 nitrogen and oxygen atoms in total. The van der Waals surface area contributed by atoms with Crippen LogP contribution in [0.2, 0.25) is 0 Å². The maximum Gasteiger partial charge on any atom is 0.229 e. The second-order valence-electron chi connectivity index (χ2n) is 16.0. The summed E-state index contributed by atoms with van der Waals surface area (Å²) in [5.41, 5.74) is 1.58. The summed E-state index contributed by atoms with van der Waals surface area (Å²) in [5, 5.41) is 115. The van der Waals surface area contributed by atoms with Crippen LogP contribution in [-0.2, 0) is 18.9 Å². The van der Waals surface area contributed by atoms with Gasteiger partial charge in [0.15, 0.2) is 34.5 Å². The standard InChI is InChI=1S/C43H56O21/c1-55-25-8-17(5-6-24(25)61-42-37(53)35(51)33(49)29(13-45)62-42)39-22-15-60-40(23(22)16-59-39)19-7-20(32(48)26(11-19)56-2)21(12-44)31(47)18-9-27(57-3)41(28(10-18)58-4)64-43-38(54)36(52)34(50)30(14-46)63-43/h5-11,21-23,29-31,33-40,42-54H,12-16H2,1-4H3/t21-,22-,23-,29+,30+,31+,33+,34+,35-,36-,37+,38+,39+,40+,42+,43-/m0/s1. The van der Waals surface area contributed by atoms with Gasteiger partial charge >= 0.3 is 0 Å². The Morgan fingerprint density at radius 1 is 0.578 bits per heavy atom. The number of phenolic OH excluding ortho intramolecular Hbond substituents is 1. The Morgan fingerprint density at radius 3 is 1.58 bits per heavy atom. The Labute approximate surface area is 367 Å². The Balaban J connectivity index is 1.11. The molecule has 0 saturated carbocycles. The van der Waals surface area contributed by atoms with Gasteiger partial charge in [-0.2, -0.15) is 0 Å². The lowest BCUT2D eigenvalue weighted by Crippen LogP contribution is -2.60. The lowest BCUT2D eigenvalue weighted by atomic mass is 9.82. The van der Waals surface area contributed by atoms with E-state index in [1.807, 2.05) is 0 Å². The summed E-state index contributed by atoms with van der Waals surface area (Å²) < 4.78 is 57.7. The molecule has 4 aliphatic rings. The Morgan fingerprint density at radius 2 is 1.08 bits per heavy atom. The molecule has 11 N–H and O–H groups in total. The molecule has 21 heteroatoms. The molecule has 0 bridgehead atoms. The summed E-state index contributed by atoms with van der Waals surface area (Å²) in [5.74, 6) is -1.56. The van der Waals surface area contributed by atoms with Gasteiger partial charge in [0.25, 0.3) is 0 Å². The van der Waals surface area contributed by atoms with Gasteiger partial charge in [-0.15, -0.1) is 0 Å². The lowest BCUT2D eigenvalue weighted by molar-refractivity contribution is -0.277. The van der Waals surface area contributed by atoms with Crippen molar-refractivity contribution in [1.82, 2.24) is 0 Å². The van der Waals surface area contributed by atoms with Crippen molar-refractivity contribution in [3.63, 3.8) is 0 Å². The number of aliphatic hydroxyl groups is 10. The highest BCUT2D eigenvalue weighted by Crippen LogP contribution is 2.53. The van der Waals surface area contributed by atoms with Gasteiger partial charge in [-0.1, -0.05) is 6.07 Å². The van der Waals surface area contributed by atoms with Gasteiger partial charge in [0.05, 0.1) is 79.8 Å². The van der Waals surface area contributed by atoms with E-state index in [4.69, 9.17) is 47.4 Å². The molecule has 0 unspecified atom stereocenters. The predicted octanol–water partition coefficient (Wildman–Crippen LogP) is -1.33. The van der Waals surface area contributed by atoms with Crippen LogP contribution in [0.3, 0.4) is 0 Å². The molecule has 4 heterocycles. The fraction of sp³-hybridized carbons (Fsp3) is 0.581. The van der Waals surface area contributed by atoms with Crippen molar-refractivity contribution in [2.75, 3.05) is 61.5 Å². The summed E-state index contributed by atoms with van der Waals surface area (Å²) in [4.78, 5) is 0. The van der Waals surface area contributed by atoms with Crippen LogP contribution in [0.1, 0.15) is 46.5 Å². The Hall–Kier alpha value is -4.30. The second-order valence-corrected chi connectivity index (χ2v) is 16.0. The molecule has 0 radical (unpaired) electrons. The summed E-state index contributed by atoms with van der Waals surface area (Å²) in [7, 11) is 5.38. The third-order valence-corrected chi connectivity index (χ3v) is 12.4. The van der Waals surface area contributed by atoms with Crippen LogP contribution in [0.5, 0.6) is 40.2 Å². The summed E-state index contributed by atoms with van der Waals surface area (Å²) in [6.07, 6.45) is -17.9. The number of aromatic hydroxyl groups is 1. The predicted molar refractivity (Wildman–Crippen MR) is 215 cm³/mol. The number of aliphatic hydroxyl groups excluding tert-OH is 10. The van der Waals surface area contributed by atoms with E-state index in [-0.39, 0.29) is 76.4 Å². The van der Waals surface area contributed by atoms with E-state index < -0.39 is 105 Å². The minimum Gasteiger partial charge on any atom is -0.504 e. The third kappa shape index (κ3) is 8.86. The third-order valence-electron chi connectivity index (χ3n) is 12.4. The van der Waals surface area contributed by atoms with E-state index in [0.717, 1.165) is 5.56 Å². The molecular formula is C43H56O21. The van der Waals surface area contributed by atoms with Crippen molar-refractivity contribution in [3.05, 3.63) is 64.7 Å². The number of hydrogen-bond acceptors (Lipinski definition) is 21. The molecule has 354 valence electrons. The van der Waals surface area contributed by atoms with Crippen molar-refractivity contribution in [2.45, 2.75) is 85.6 Å². The number of hydrogen-bond donors (Lipinski definition) is 11. The van der Waals surface area contributed by atoms with Crippen LogP contribution in [0.4, 0.5) is 0 Å². The minimum absolute atomic E-state index is 0.0209. The van der Waals surface area contributed by atoms with E-state index in [0.29, 0.717) is 5.56 Å². The van der Waals surface area contributed by atoms with Gasteiger partial charge in [0.1, 0.15) is 48.8 Å². The Kier molecular flexibility index (Phi) is 14.9. The van der Waals surface area contributed by atoms with Gasteiger partial charge in [-0.05, 0) is 53.1 Å². The first-order chi connectivity index (χ1) is 30.7. The van der Waals surface area contributed by atoms with E-state index in [2.05, 4.69) is 0 Å². The maximum atomic E-state index is 11.9. The zero-order valence-electron chi connectivity index (χ0n) is 35.3. The van der Waals surface area contributed by atoms with Crippen LogP contribution < -0.4 is 28.4 Å². The van der Waals surface area contributed by atoms with E-state index in [1.165, 1.54) is 40.6 Å². The van der Waals surface area contributed by atoms with Crippen LogP contribution in [0.15, 0.2) is 42.5 Å². The van der Waals surface area contributed by atoms with Crippen molar-refractivity contribution in [3.8, 4) is 40.2 Å². The molecule has 4 saturated heterocycles. The maximum absolute atomic E-state index is 11.9. The SMILES string of the molecule is COc1cc([C@H]2OC[C@H]3[C@@H]2CO[C@@H]3c2cc(OC)c(O)c([C@H](CO)[C@H](O)c3cc(OC)c(O[C@@H]4O[C@H](CO)[C@@H](O)[C@H](O)[C@H]4O)c(OC)c3)c2)ccc1O[C@@H]1O[C@H](CO)[C@@H](O)[C@H](O)[C@H]1O. The van der Waals surface area contributed by atoms with Crippen molar-refractivity contribution in [1.29, 1.82) is 0 Å². The monoisotopic (exact) mass is 908 g/mol. The van der Waals surface area contributed by atoms with Crippen LogP contribution >= 0.6 is 0 Å². The summed E-state index contributed by atoms with van der Waals surface area (Å²) in [6, 6.07) is 11.0.